The lowest BCUT2D eigenvalue weighted by Crippen LogP contribution is -2.26. The molecule has 1 heterocycles. The molecule has 0 fully saturated rings. The summed E-state index contributed by atoms with van der Waals surface area (Å²) in [5, 5.41) is 17.2. The highest BCUT2D eigenvalue weighted by atomic mass is 19.1. The molecule has 3 aromatic carbocycles. The Kier molecular flexibility index (Phi) is 9.00. The molecule has 8 heteroatoms. The number of hydrogen-bond acceptors (Lipinski definition) is 5. The fraction of sp³-hybridized carbons (Fsp3) is 0.167. The van der Waals surface area contributed by atoms with Crippen molar-refractivity contribution >= 4 is 12.0 Å². The van der Waals surface area contributed by atoms with E-state index in [-0.39, 0.29) is 18.0 Å². The fourth-order valence-electron chi connectivity index (χ4n) is 3.73. The second kappa shape index (κ2) is 13.0. The first kappa shape index (κ1) is 26.3. The predicted octanol–water partition coefficient (Wildman–Crippen LogP) is 5.32. The number of ether oxygens (including phenoxy) is 2. The molecule has 1 N–H and O–H groups in total. The van der Waals surface area contributed by atoms with Gasteiger partial charge in [0.25, 0.3) is 5.91 Å². The molecule has 192 valence electrons. The Bertz CT molecular complexity index is 1440. The number of nitrogens with one attached hydrogen (secondary N) is 1. The molecule has 0 radical (unpaired) electrons. The van der Waals surface area contributed by atoms with E-state index in [1.807, 2.05) is 48.5 Å². The van der Waals surface area contributed by atoms with Crippen LogP contribution < -0.4 is 10.1 Å². The third kappa shape index (κ3) is 6.72. The van der Waals surface area contributed by atoms with Gasteiger partial charge in [0, 0.05) is 43.1 Å². The summed E-state index contributed by atoms with van der Waals surface area (Å²) in [7, 11) is 1.59. The van der Waals surface area contributed by atoms with Gasteiger partial charge in [0.15, 0.2) is 0 Å². The Hall–Kier alpha value is -4.74. The molecule has 0 aliphatic carbocycles. The zero-order valence-electron chi connectivity index (χ0n) is 20.9. The maximum atomic E-state index is 13.9. The number of aromatic nitrogens is 2. The number of methoxy groups -OCH3 is 1. The van der Waals surface area contributed by atoms with Crippen LogP contribution in [0.1, 0.15) is 17.5 Å². The van der Waals surface area contributed by atoms with E-state index in [1.165, 1.54) is 12.1 Å². The topological polar surface area (TPSA) is 89.2 Å². The van der Waals surface area contributed by atoms with Gasteiger partial charge >= 0.3 is 0 Å². The van der Waals surface area contributed by atoms with E-state index in [0.717, 1.165) is 11.3 Å². The highest BCUT2D eigenvalue weighted by Crippen LogP contribution is 2.28. The van der Waals surface area contributed by atoms with Crippen molar-refractivity contribution in [2.45, 2.75) is 13.0 Å². The van der Waals surface area contributed by atoms with Crippen molar-refractivity contribution in [3.8, 4) is 28.8 Å². The molecule has 0 saturated heterocycles. The molecule has 38 heavy (non-hydrogen) atoms. The first-order valence-electron chi connectivity index (χ1n) is 12.1. The highest BCUT2D eigenvalue weighted by molar-refractivity contribution is 6.02. The smallest absolute Gasteiger partial charge is 0.261 e. The molecule has 7 nitrogen and oxygen atoms in total. The van der Waals surface area contributed by atoms with E-state index in [0.29, 0.717) is 42.1 Å². The van der Waals surface area contributed by atoms with Crippen molar-refractivity contribution in [3.63, 3.8) is 0 Å². The van der Waals surface area contributed by atoms with Crippen LogP contribution in [-0.4, -0.2) is 35.9 Å². The molecule has 0 aliphatic heterocycles. The van der Waals surface area contributed by atoms with E-state index < -0.39 is 5.91 Å². The van der Waals surface area contributed by atoms with Gasteiger partial charge in [-0.15, -0.1) is 0 Å². The van der Waals surface area contributed by atoms with Crippen LogP contribution in [0.25, 0.3) is 23.0 Å². The fourth-order valence-corrected chi connectivity index (χ4v) is 3.73. The molecular weight excluding hydrogens is 483 g/mol. The van der Waals surface area contributed by atoms with E-state index in [4.69, 9.17) is 14.6 Å². The number of carbonyl (C=O) groups is 1. The summed E-state index contributed by atoms with van der Waals surface area (Å²) in [4.78, 5) is 12.6. The number of halogens is 1. The lowest BCUT2D eigenvalue weighted by atomic mass is 10.1. The zero-order valence-corrected chi connectivity index (χ0v) is 20.9. The molecule has 4 aromatic rings. The Morgan fingerprint density at radius 2 is 1.82 bits per heavy atom. The molecule has 0 saturated carbocycles. The molecule has 1 amide bonds. The van der Waals surface area contributed by atoms with Crippen molar-refractivity contribution in [1.82, 2.24) is 15.1 Å². The quantitative estimate of drug-likeness (QED) is 0.168. The van der Waals surface area contributed by atoms with Crippen LogP contribution in [-0.2, 0) is 16.1 Å². The number of nitrogens with zero attached hydrogens (tertiary/aromatic N) is 3. The summed E-state index contributed by atoms with van der Waals surface area (Å²) in [5.74, 6) is -0.202. The van der Waals surface area contributed by atoms with Crippen LogP contribution in [0.15, 0.2) is 90.6 Å². The Morgan fingerprint density at radius 1 is 1.08 bits per heavy atom. The average molecular weight is 511 g/mol. The molecule has 0 aliphatic rings. The minimum Gasteiger partial charge on any atom is -0.489 e. The van der Waals surface area contributed by atoms with Crippen molar-refractivity contribution in [2.75, 3.05) is 20.3 Å². The Balaban J connectivity index is 1.60. The molecule has 0 spiro atoms. The summed E-state index contributed by atoms with van der Waals surface area (Å²) in [5.41, 5.74) is 3.24. The first-order chi connectivity index (χ1) is 18.6. The lowest BCUT2D eigenvalue weighted by Gasteiger charge is -2.08. The van der Waals surface area contributed by atoms with Crippen molar-refractivity contribution in [3.05, 3.63) is 108 Å². The van der Waals surface area contributed by atoms with Crippen LogP contribution >= 0.6 is 0 Å². The number of amides is 1. The standard InChI is InChI=1S/C30H27FN4O3/c1-37-17-7-16-33-30(36)24(19-32)18-25-20-35(26-9-3-2-4-10-26)34-29(25)22-12-14-27(15-13-22)38-21-23-8-5-6-11-28(23)31/h2-6,8-15,18,20H,7,16-17,21H2,1H3,(H,33,36)/b24-18-. The van der Waals surface area contributed by atoms with Crippen LogP contribution in [0.5, 0.6) is 5.75 Å². The van der Waals surface area contributed by atoms with Crippen molar-refractivity contribution in [2.24, 2.45) is 0 Å². The third-order valence-electron chi connectivity index (χ3n) is 5.72. The molecular formula is C30H27FN4O3. The summed E-state index contributed by atoms with van der Waals surface area (Å²) in [6.07, 6.45) is 3.96. The Labute approximate surface area is 220 Å². The van der Waals surface area contributed by atoms with Gasteiger partial charge in [-0.2, -0.15) is 10.4 Å². The predicted molar refractivity (Wildman–Crippen MR) is 143 cm³/mol. The number of para-hydroxylation sites is 1. The molecule has 0 unspecified atom stereocenters. The minimum absolute atomic E-state index is 0.0267. The van der Waals surface area contributed by atoms with E-state index in [9.17, 15) is 14.4 Å². The van der Waals surface area contributed by atoms with Gasteiger partial charge in [0.2, 0.25) is 0 Å². The number of carbonyl (C=O) groups excluding carboxylic acids is 1. The van der Waals surface area contributed by atoms with E-state index in [1.54, 1.807) is 48.3 Å². The van der Waals surface area contributed by atoms with E-state index in [2.05, 4.69) is 5.32 Å². The van der Waals surface area contributed by atoms with E-state index >= 15 is 0 Å². The minimum atomic E-state index is -0.459. The van der Waals surface area contributed by atoms with Crippen molar-refractivity contribution in [1.29, 1.82) is 5.26 Å². The second-order valence-corrected chi connectivity index (χ2v) is 8.39. The second-order valence-electron chi connectivity index (χ2n) is 8.39. The molecule has 0 atom stereocenters. The van der Waals surface area contributed by atoms with Crippen LogP contribution in [0.2, 0.25) is 0 Å². The summed E-state index contributed by atoms with van der Waals surface area (Å²) in [6, 6.07) is 25.2. The zero-order chi connectivity index (χ0) is 26.7. The maximum absolute atomic E-state index is 13.9. The van der Waals surface area contributed by atoms with Gasteiger partial charge in [-0.1, -0.05) is 36.4 Å². The van der Waals surface area contributed by atoms with Crippen LogP contribution in [0, 0.1) is 17.1 Å². The average Bonchev–Trinajstić information content (AvgIpc) is 3.38. The third-order valence-corrected chi connectivity index (χ3v) is 5.72. The molecule has 1 aromatic heterocycles. The first-order valence-corrected chi connectivity index (χ1v) is 12.1. The normalized spacial score (nSPS) is 11.1. The SMILES string of the molecule is COCCCNC(=O)/C(C#N)=C\c1cn(-c2ccccc2)nc1-c1ccc(OCc2ccccc2F)cc1. The number of nitriles is 1. The van der Waals surface area contributed by atoms with Gasteiger partial charge in [-0.3, -0.25) is 4.79 Å². The van der Waals surface area contributed by atoms with Crippen LogP contribution in [0.3, 0.4) is 0 Å². The molecule has 0 bridgehead atoms. The Morgan fingerprint density at radius 3 is 2.53 bits per heavy atom. The van der Waals surface area contributed by atoms with Gasteiger partial charge in [-0.25, -0.2) is 9.07 Å². The van der Waals surface area contributed by atoms with Gasteiger partial charge in [-0.05, 0) is 55.0 Å². The lowest BCUT2D eigenvalue weighted by molar-refractivity contribution is -0.117. The summed E-state index contributed by atoms with van der Waals surface area (Å²) in [6.45, 7) is 1.02. The summed E-state index contributed by atoms with van der Waals surface area (Å²) >= 11 is 0. The summed E-state index contributed by atoms with van der Waals surface area (Å²) < 4.78 is 26.4. The van der Waals surface area contributed by atoms with Gasteiger partial charge in [0.1, 0.15) is 29.8 Å². The molecule has 4 rings (SSSR count). The van der Waals surface area contributed by atoms with Crippen molar-refractivity contribution < 1.29 is 18.7 Å². The maximum Gasteiger partial charge on any atom is 0.261 e. The van der Waals surface area contributed by atoms with Crippen LogP contribution in [0.4, 0.5) is 4.39 Å². The largest absolute Gasteiger partial charge is 0.489 e. The highest BCUT2D eigenvalue weighted by Gasteiger charge is 2.15. The number of rotatable bonds is 11. The number of hydrogen-bond donors (Lipinski definition) is 1. The number of benzene rings is 3. The monoisotopic (exact) mass is 510 g/mol. The van der Waals surface area contributed by atoms with Gasteiger partial charge < -0.3 is 14.8 Å². The van der Waals surface area contributed by atoms with Gasteiger partial charge in [0.05, 0.1) is 11.4 Å².